The van der Waals surface area contributed by atoms with Crippen LogP contribution in [0.15, 0.2) is 12.5 Å². The van der Waals surface area contributed by atoms with Gasteiger partial charge in [-0.25, -0.2) is 4.98 Å². The predicted octanol–water partition coefficient (Wildman–Crippen LogP) is -0.522. The van der Waals surface area contributed by atoms with Crippen LogP contribution in [0.1, 0.15) is 12.6 Å². The topological polar surface area (TPSA) is 72.9 Å². The van der Waals surface area contributed by atoms with Crippen LogP contribution in [0.25, 0.3) is 0 Å². The smallest absolute Gasteiger partial charge is 0.239 e. The first-order chi connectivity index (χ1) is 6.27. The van der Waals surface area contributed by atoms with E-state index in [1.165, 1.54) is 0 Å². The third kappa shape index (κ3) is 2.55. The van der Waals surface area contributed by atoms with Gasteiger partial charge >= 0.3 is 0 Å². The summed E-state index contributed by atoms with van der Waals surface area (Å²) >= 11 is 0. The van der Waals surface area contributed by atoms with Crippen LogP contribution in [-0.4, -0.2) is 22.0 Å². The molecule has 72 valence electrons. The lowest BCUT2D eigenvalue weighted by molar-refractivity contribution is -0.121. The van der Waals surface area contributed by atoms with E-state index in [0.29, 0.717) is 19.6 Å². The van der Waals surface area contributed by atoms with Crippen LogP contribution in [0.4, 0.5) is 0 Å². The Morgan fingerprint density at radius 2 is 2.54 bits per heavy atom. The number of aromatic nitrogens is 2. The highest BCUT2D eigenvalue weighted by Crippen LogP contribution is 1.96. The van der Waals surface area contributed by atoms with Crippen molar-refractivity contribution in [3.05, 3.63) is 18.2 Å². The second-order valence-corrected chi connectivity index (χ2v) is 2.67. The molecule has 0 fully saturated rings. The summed E-state index contributed by atoms with van der Waals surface area (Å²) in [6.45, 7) is 3.22. The fourth-order valence-corrected chi connectivity index (χ4v) is 1.07. The molecule has 0 radical (unpaired) electrons. The van der Waals surface area contributed by atoms with E-state index in [2.05, 4.69) is 10.3 Å². The molecule has 1 aromatic rings. The summed E-state index contributed by atoms with van der Waals surface area (Å²) in [5.41, 5.74) is 6.32. The number of imidazole rings is 1. The molecule has 1 rings (SSSR count). The van der Waals surface area contributed by atoms with E-state index in [-0.39, 0.29) is 5.91 Å². The molecule has 0 saturated carbocycles. The Balaban J connectivity index is 2.57. The summed E-state index contributed by atoms with van der Waals surface area (Å²) in [6, 6.07) is 0. The summed E-state index contributed by atoms with van der Waals surface area (Å²) in [4.78, 5) is 15.1. The van der Waals surface area contributed by atoms with Crippen molar-refractivity contribution in [2.45, 2.75) is 20.0 Å². The van der Waals surface area contributed by atoms with Crippen molar-refractivity contribution in [3.63, 3.8) is 0 Å². The molecule has 0 spiro atoms. The van der Waals surface area contributed by atoms with Gasteiger partial charge in [0.1, 0.15) is 6.54 Å². The van der Waals surface area contributed by atoms with Crippen LogP contribution in [0.2, 0.25) is 0 Å². The van der Waals surface area contributed by atoms with Gasteiger partial charge in [0.15, 0.2) is 0 Å². The van der Waals surface area contributed by atoms with Gasteiger partial charge in [-0.05, 0) is 6.92 Å². The monoisotopic (exact) mass is 182 g/mol. The molecule has 5 nitrogen and oxygen atoms in total. The van der Waals surface area contributed by atoms with E-state index in [0.717, 1.165) is 5.69 Å². The number of hydrogen-bond acceptors (Lipinski definition) is 3. The molecule has 0 aliphatic carbocycles. The number of nitrogens with two attached hydrogens (primary N) is 1. The number of likely N-dealkylation sites (N-methyl/N-ethyl adjacent to an activating group) is 1. The zero-order valence-electron chi connectivity index (χ0n) is 7.66. The molecule has 1 aromatic heterocycles. The highest BCUT2D eigenvalue weighted by molar-refractivity contribution is 5.75. The Labute approximate surface area is 76.9 Å². The number of nitrogens with zero attached hydrogens (tertiary/aromatic N) is 2. The van der Waals surface area contributed by atoms with Crippen LogP contribution < -0.4 is 11.1 Å². The Morgan fingerprint density at radius 1 is 1.77 bits per heavy atom. The second-order valence-electron chi connectivity index (χ2n) is 2.67. The summed E-state index contributed by atoms with van der Waals surface area (Å²) in [6.07, 6.45) is 3.27. The van der Waals surface area contributed by atoms with Gasteiger partial charge in [0.05, 0.1) is 12.0 Å². The van der Waals surface area contributed by atoms with Gasteiger partial charge in [-0.15, -0.1) is 0 Å². The number of nitrogens with one attached hydrogen (secondary N) is 1. The van der Waals surface area contributed by atoms with E-state index < -0.39 is 0 Å². The molecule has 0 aliphatic heterocycles. The molecule has 0 aromatic carbocycles. The summed E-state index contributed by atoms with van der Waals surface area (Å²) in [5, 5.41) is 2.71. The van der Waals surface area contributed by atoms with Crippen molar-refractivity contribution in [1.29, 1.82) is 0 Å². The van der Waals surface area contributed by atoms with Gasteiger partial charge in [-0.2, -0.15) is 0 Å². The minimum atomic E-state index is -0.0183. The molecule has 1 heterocycles. The predicted molar refractivity (Wildman–Crippen MR) is 48.8 cm³/mol. The molecule has 13 heavy (non-hydrogen) atoms. The Kier molecular flexibility index (Phi) is 3.45. The third-order valence-corrected chi connectivity index (χ3v) is 1.70. The third-order valence-electron chi connectivity index (χ3n) is 1.70. The van der Waals surface area contributed by atoms with Crippen LogP contribution in [0, 0.1) is 0 Å². The zero-order chi connectivity index (χ0) is 9.68. The first-order valence-corrected chi connectivity index (χ1v) is 4.23. The average Bonchev–Trinajstić information content (AvgIpc) is 2.52. The first-order valence-electron chi connectivity index (χ1n) is 4.23. The van der Waals surface area contributed by atoms with Crippen molar-refractivity contribution in [2.75, 3.05) is 6.54 Å². The number of amides is 1. The molecule has 0 atom stereocenters. The van der Waals surface area contributed by atoms with Gasteiger partial charge in [-0.1, -0.05) is 0 Å². The van der Waals surface area contributed by atoms with Crippen LogP contribution >= 0.6 is 0 Å². The van der Waals surface area contributed by atoms with Gasteiger partial charge in [0, 0.05) is 19.3 Å². The molecule has 0 bridgehead atoms. The molecular formula is C8H14N4O. The Morgan fingerprint density at radius 3 is 3.15 bits per heavy atom. The van der Waals surface area contributed by atoms with E-state index in [9.17, 15) is 4.79 Å². The van der Waals surface area contributed by atoms with Crippen LogP contribution in [-0.2, 0) is 17.9 Å². The zero-order valence-corrected chi connectivity index (χ0v) is 7.66. The average molecular weight is 182 g/mol. The standard InChI is InChI=1S/C8H14N4O/c1-2-11-8(13)5-12-6-10-4-7(12)3-9/h4,6H,2-3,5,9H2,1H3,(H,11,13). The van der Waals surface area contributed by atoms with Gasteiger partial charge in [0.2, 0.25) is 5.91 Å². The molecule has 0 saturated heterocycles. The molecule has 1 amide bonds. The van der Waals surface area contributed by atoms with E-state index in [4.69, 9.17) is 5.73 Å². The highest BCUT2D eigenvalue weighted by atomic mass is 16.1. The van der Waals surface area contributed by atoms with Crippen LogP contribution in [0.3, 0.4) is 0 Å². The van der Waals surface area contributed by atoms with E-state index in [1.807, 2.05) is 6.92 Å². The van der Waals surface area contributed by atoms with Crippen molar-refractivity contribution in [1.82, 2.24) is 14.9 Å². The maximum atomic E-state index is 11.2. The van der Waals surface area contributed by atoms with Gasteiger partial charge < -0.3 is 15.6 Å². The summed E-state index contributed by atoms with van der Waals surface area (Å²) in [7, 11) is 0. The molecular weight excluding hydrogens is 168 g/mol. The lowest BCUT2D eigenvalue weighted by atomic mass is 10.4. The lowest BCUT2D eigenvalue weighted by Crippen LogP contribution is -2.27. The molecule has 0 aliphatic rings. The van der Waals surface area contributed by atoms with E-state index >= 15 is 0 Å². The quantitative estimate of drug-likeness (QED) is 0.658. The number of rotatable bonds is 4. The fraction of sp³-hybridized carbons (Fsp3) is 0.500. The molecule has 5 heteroatoms. The van der Waals surface area contributed by atoms with Crippen molar-refractivity contribution in [3.8, 4) is 0 Å². The maximum Gasteiger partial charge on any atom is 0.239 e. The molecule has 0 unspecified atom stereocenters. The Hall–Kier alpha value is -1.36. The normalized spacial score (nSPS) is 10.0. The second kappa shape index (κ2) is 4.61. The van der Waals surface area contributed by atoms with Gasteiger partial charge in [0.25, 0.3) is 0 Å². The lowest BCUT2D eigenvalue weighted by Gasteiger charge is -2.05. The van der Waals surface area contributed by atoms with Crippen molar-refractivity contribution >= 4 is 5.91 Å². The summed E-state index contributed by atoms with van der Waals surface area (Å²) in [5.74, 6) is -0.0183. The number of hydrogen-bond donors (Lipinski definition) is 2. The fourth-order valence-electron chi connectivity index (χ4n) is 1.07. The molecule has 3 N–H and O–H groups in total. The van der Waals surface area contributed by atoms with Crippen molar-refractivity contribution in [2.24, 2.45) is 5.73 Å². The van der Waals surface area contributed by atoms with E-state index in [1.54, 1.807) is 17.1 Å². The minimum Gasteiger partial charge on any atom is -0.355 e. The first kappa shape index (κ1) is 9.73. The SMILES string of the molecule is CCNC(=O)Cn1cncc1CN. The number of carbonyl (C=O) groups excluding carboxylic acids is 1. The Bertz CT molecular complexity index is 281. The van der Waals surface area contributed by atoms with Crippen molar-refractivity contribution < 1.29 is 4.79 Å². The summed E-state index contributed by atoms with van der Waals surface area (Å²) < 4.78 is 1.74. The number of carbonyl (C=O) groups is 1. The highest BCUT2D eigenvalue weighted by Gasteiger charge is 2.04. The largest absolute Gasteiger partial charge is 0.355 e. The minimum absolute atomic E-state index is 0.0183. The van der Waals surface area contributed by atoms with Crippen LogP contribution in [0.5, 0.6) is 0 Å². The maximum absolute atomic E-state index is 11.2. The van der Waals surface area contributed by atoms with Gasteiger partial charge in [-0.3, -0.25) is 4.79 Å².